The number of piperidine rings is 1. The quantitative estimate of drug-likeness (QED) is 0.891. The van der Waals surface area contributed by atoms with Crippen molar-refractivity contribution >= 4 is 11.8 Å². The molecular formula is C22H31N3O2. The van der Waals surface area contributed by atoms with Crippen molar-refractivity contribution in [2.24, 2.45) is 5.92 Å². The summed E-state index contributed by atoms with van der Waals surface area (Å²) in [7, 11) is 0. The van der Waals surface area contributed by atoms with Gasteiger partial charge in [-0.3, -0.25) is 14.5 Å². The normalized spacial score (nSPS) is 31.7. The van der Waals surface area contributed by atoms with Gasteiger partial charge in [0.1, 0.15) is 0 Å². The van der Waals surface area contributed by atoms with Crippen molar-refractivity contribution in [3.63, 3.8) is 0 Å². The summed E-state index contributed by atoms with van der Waals surface area (Å²) in [6.07, 6.45) is 6.13. The number of fused-ring (bicyclic) bond motifs is 1. The molecule has 2 aliphatic heterocycles. The highest BCUT2D eigenvalue weighted by Gasteiger charge is 2.56. The lowest BCUT2D eigenvalue weighted by molar-refractivity contribution is -0.130. The Morgan fingerprint density at radius 3 is 2.44 bits per heavy atom. The highest BCUT2D eigenvalue weighted by atomic mass is 16.2. The Kier molecular flexibility index (Phi) is 4.97. The van der Waals surface area contributed by atoms with Gasteiger partial charge in [-0.15, -0.1) is 0 Å². The minimum absolute atomic E-state index is 0.00605. The van der Waals surface area contributed by atoms with Crippen molar-refractivity contribution in [3.05, 3.63) is 35.9 Å². The van der Waals surface area contributed by atoms with E-state index in [2.05, 4.69) is 22.3 Å². The van der Waals surface area contributed by atoms with Crippen LogP contribution in [0.1, 0.15) is 57.6 Å². The van der Waals surface area contributed by atoms with E-state index < -0.39 is 0 Å². The molecule has 5 heteroatoms. The number of nitrogens with zero attached hydrogens (tertiary/aromatic N) is 2. The summed E-state index contributed by atoms with van der Waals surface area (Å²) < 4.78 is 0. The second-order valence-electron chi connectivity index (χ2n) is 8.63. The van der Waals surface area contributed by atoms with E-state index in [1.807, 2.05) is 23.1 Å². The monoisotopic (exact) mass is 369 g/mol. The molecule has 5 nitrogen and oxygen atoms in total. The second kappa shape index (κ2) is 7.27. The van der Waals surface area contributed by atoms with Crippen LogP contribution in [0.3, 0.4) is 0 Å². The summed E-state index contributed by atoms with van der Waals surface area (Å²) in [5, 5.41) is 3.29. The van der Waals surface area contributed by atoms with Gasteiger partial charge in [0.05, 0.1) is 11.6 Å². The Balaban J connectivity index is 1.71. The number of hydrogen-bond acceptors (Lipinski definition) is 3. The van der Waals surface area contributed by atoms with Gasteiger partial charge in [-0.1, -0.05) is 43.2 Å². The molecule has 3 atom stereocenters. The van der Waals surface area contributed by atoms with Crippen LogP contribution in [-0.2, 0) is 9.59 Å². The zero-order valence-electron chi connectivity index (χ0n) is 16.5. The predicted octanol–water partition coefficient (Wildman–Crippen LogP) is 2.73. The Labute approximate surface area is 162 Å². The van der Waals surface area contributed by atoms with Crippen LogP contribution in [0.25, 0.3) is 0 Å². The second-order valence-corrected chi connectivity index (χ2v) is 8.63. The molecule has 3 fully saturated rings. The van der Waals surface area contributed by atoms with Gasteiger partial charge in [0.15, 0.2) is 0 Å². The van der Waals surface area contributed by atoms with Crippen molar-refractivity contribution in [1.82, 2.24) is 15.1 Å². The predicted molar refractivity (Wildman–Crippen MR) is 105 cm³/mol. The number of carbonyl (C=O) groups is 2. The van der Waals surface area contributed by atoms with Gasteiger partial charge in [-0.2, -0.15) is 0 Å². The maximum absolute atomic E-state index is 12.5. The molecule has 146 valence electrons. The molecule has 0 spiro atoms. The van der Waals surface area contributed by atoms with E-state index >= 15 is 0 Å². The first-order chi connectivity index (χ1) is 13.0. The molecule has 2 amide bonds. The van der Waals surface area contributed by atoms with Gasteiger partial charge >= 0.3 is 0 Å². The van der Waals surface area contributed by atoms with Crippen molar-refractivity contribution in [2.45, 2.75) is 63.6 Å². The molecule has 1 aromatic carbocycles. The van der Waals surface area contributed by atoms with Gasteiger partial charge in [0.25, 0.3) is 0 Å². The first kappa shape index (κ1) is 18.5. The molecule has 2 heterocycles. The third kappa shape index (κ3) is 3.38. The molecule has 0 bridgehead atoms. The molecule has 4 rings (SSSR count). The summed E-state index contributed by atoms with van der Waals surface area (Å²) in [5.74, 6) is 0.323. The molecule has 0 radical (unpaired) electrons. The number of benzene rings is 1. The molecule has 2 saturated heterocycles. The molecule has 27 heavy (non-hydrogen) atoms. The van der Waals surface area contributed by atoms with Crippen LogP contribution in [0.5, 0.6) is 0 Å². The number of amides is 2. The average Bonchev–Trinajstić information content (AvgIpc) is 3.27. The lowest BCUT2D eigenvalue weighted by Crippen LogP contribution is -2.62. The van der Waals surface area contributed by atoms with Crippen LogP contribution in [0, 0.1) is 5.92 Å². The zero-order chi connectivity index (χ0) is 19.0. The van der Waals surface area contributed by atoms with Crippen molar-refractivity contribution in [1.29, 1.82) is 0 Å². The molecule has 1 aromatic rings. The summed E-state index contributed by atoms with van der Waals surface area (Å²) in [4.78, 5) is 29.2. The fourth-order valence-electron chi connectivity index (χ4n) is 5.78. The molecule has 3 aliphatic rings. The number of hydrogen-bond donors (Lipinski definition) is 1. The van der Waals surface area contributed by atoms with Crippen molar-refractivity contribution < 1.29 is 9.59 Å². The number of rotatable bonds is 3. The Bertz CT molecular complexity index is 701. The SMILES string of the molecule is CC(=O)N[C@@]12CCN(C3CCCC3)C[C@@H]1[C@@H](c1ccccc1)N(C(C)=O)C2. The van der Waals surface area contributed by atoms with E-state index in [0.717, 1.165) is 19.5 Å². The average molecular weight is 370 g/mol. The molecule has 1 saturated carbocycles. The van der Waals surface area contributed by atoms with Crippen LogP contribution in [-0.4, -0.2) is 52.8 Å². The van der Waals surface area contributed by atoms with Gasteiger partial charge in [-0.25, -0.2) is 0 Å². The van der Waals surface area contributed by atoms with E-state index in [1.54, 1.807) is 13.8 Å². The van der Waals surface area contributed by atoms with Gasteiger partial charge in [0, 0.05) is 45.4 Å². The number of likely N-dealkylation sites (tertiary alicyclic amines) is 2. The van der Waals surface area contributed by atoms with Crippen LogP contribution >= 0.6 is 0 Å². The first-order valence-electron chi connectivity index (χ1n) is 10.4. The standard InChI is InChI=1S/C22H31N3O2/c1-16(26)23-22-12-13-24(19-10-6-7-11-19)14-20(22)21(25(15-22)17(2)27)18-8-4-3-5-9-18/h3-5,8-9,19-21H,6-7,10-15H2,1-2H3,(H,23,26)/t20-,21-,22-/m1/s1. The molecular weight excluding hydrogens is 338 g/mol. The topological polar surface area (TPSA) is 52.7 Å². The lowest BCUT2D eigenvalue weighted by atomic mass is 9.75. The fourth-order valence-corrected chi connectivity index (χ4v) is 5.78. The molecule has 1 N–H and O–H groups in total. The first-order valence-corrected chi connectivity index (χ1v) is 10.4. The maximum atomic E-state index is 12.5. The zero-order valence-corrected chi connectivity index (χ0v) is 16.5. The van der Waals surface area contributed by atoms with E-state index in [4.69, 9.17) is 0 Å². The van der Waals surface area contributed by atoms with Crippen LogP contribution < -0.4 is 5.32 Å². The third-order valence-corrected chi connectivity index (χ3v) is 6.97. The molecule has 0 aromatic heterocycles. The Morgan fingerprint density at radius 1 is 1.11 bits per heavy atom. The third-order valence-electron chi connectivity index (χ3n) is 6.97. The summed E-state index contributed by atoms with van der Waals surface area (Å²) in [5.41, 5.74) is 0.867. The molecule has 1 aliphatic carbocycles. The van der Waals surface area contributed by atoms with E-state index in [9.17, 15) is 9.59 Å². The summed E-state index contributed by atoms with van der Waals surface area (Å²) in [6.45, 7) is 5.83. The van der Waals surface area contributed by atoms with Crippen molar-refractivity contribution in [2.75, 3.05) is 19.6 Å². The lowest BCUT2D eigenvalue weighted by Gasteiger charge is -2.47. The smallest absolute Gasteiger partial charge is 0.220 e. The van der Waals surface area contributed by atoms with Gasteiger partial charge in [-0.05, 0) is 24.8 Å². The fraction of sp³-hybridized carbons (Fsp3) is 0.636. The van der Waals surface area contributed by atoms with Crippen LogP contribution in [0.2, 0.25) is 0 Å². The van der Waals surface area contributed by atoms with Gasteiger partial charge < -0.3 is 10.2 Å². The van der Waals surface area contributed by atoms with E-state index in [1.165, 1.54) is 31.2 Å². The van der Waals surface area contributed by atoms with E-state index in [-0.39, 0.29) is 29.3 Å². The highest BCUT2D eigenvalue weighted by Crippen LogP contribution is 2.48. The largest absolute Gasteiger partial charge is 0.349 e. The number of carbonyl (C=O) groups excluding carboxylic acids is 2. The van der Waals surface area contributed by atoms with Crippen molar-refractivity contribution in [3.8, 4) is 0 Å². The minimum atomic E-state index is -0.312. The Hall–Kier alpha value is -1.88. The number of nitrogens with one attached hydrogen (secondary N) is 1. The maximum Gasteiger partial charge on any atom is 0.220 e. The highest BCUT2D eigenvalue weighted by molar-refractivity contribution is 5.77. The summed E-state index contributed by atoms with van der Waals surface area (Å²) in [6, 6.07) is 11.1. The summed E-state index contributed by atoms with van der Waals surface area (Å²) >= 11 is 0. The molecule has 0 unspecified atom stereocenters. The minimum Gasteiger partial charge on any atom is -0.349 e. The van der Waals surface area contributed by atoms with Crippen LogP contribution in [0.4, 0.5) is 0 Å². The van der Waals surface area contributed by atoms with Crippen LogP contribution in [0.15, 0.2) is 30.3 Å². The van der Waals surface area contributed by atoms with Gasteiger partial charge in [0.2, 0.25) is 11.8 Å². The van der Waals surface area contributed by atoms with E-state index in [0.29, 0.717) is 12.6 Å². The Morgan fingerprint density at radius 2 is 1.81 bits per heavy atom.